The summed E-state index contributed by atoms with van der Waals surface area (Å²) in [5, 5.41) is 0. The Balaban J connectivity index is 2.38. The largest absolute Gasteiger partial charge is 0.497 e. The van der Waals surface area contributed by atoms with Crippen molar-refractivity contribution in [2.24, 2.45) is 0 Å². The first-order valence-corrected chi connectivity index (χ1v) is 6.29. The van der Waals surface area contributed by atoms with Gasteiger partial charge in [0.25, 0.3) is 0 Å². The second-order valence-corrected chi connectivity index (χ2v) is 4.39. The van der Waals surface area contributed by atoms with E-state index in [9.17, 15) is 0 Å². The summed E-state index contributed by atoms with van der Waals surface area (Å²) in [7, 11) is 1.67. The fourth-order valence-electron chi connectivity index (χ4n) is 2.02. The van der Waals surface area contributed by atoms with Gasteiger partial charge in [0, 0.05) is 0 Å². The van der Waals surface area contributed by atoms with Crippen LogP contribution in [0.2, 0.25) is 0 Å². The second kappa shape index (κ2) is 6.05. The van der Waals surface area contributed by atoms with Gasteiger partial charge in [0.05, 0.1) is 7.11 Å². The van der Waals surface area contributed by atoms with Crippen molar-refractivity contribution in [1.82, 2.24) is 0 Å². The Bertz CT molecular complexity index is 591. The van der Waals surface area contributed by atoms with Crippen LogP contribution in [0, 0.1) is 6.92 Å². The van der Waals surface area contributed by atoms with Crippen molar-refractivity contribution in [1.29, 1.82) is 0 Å². The van der Waals surface area contributed by atoms with Gasteiger partial charge in [-0.2, -0.15) is 0 Å². The third-order valence-electron chi connectivity index (χ3n) is 3.11. The minimum atomic E-state index is 0.869. The van der Waals surface area contributed by atoms with Gasteiger partial charge in [0.1, 0.15) is 5.75 Å². The van der Waals surface area contributed by atoms with Crippen LogP contribution in [-0.4, -0.2) is 7.11 Å². The van der Waals surface area contributed by atoms with Gasteiger partial charge in [-0.25, -0.2) is 0 Å². The van der Waals surface area contributed by atoms with E-state index >= 15 is 0 Å². The molecule has 1 nitrogen and oxygen atoms in total. The van der Waals surface area contributed by atoms with Crippen molar-refractivity contribution in [2.75, 3.05) is 7.11 Å². The van der Waals surface area contributed by atoms with Crippen LogP contribution < -0.4 is 4.74 Å². The van der Waals surface area contributed by atoms with Crippen LogP contribution in [0.25, 0.3) is 11.6 Å². The topological polar surface area (TPSA) is 9.23 Å². The van der Waals surface area contributed by atoms with Gasteiger partial charge in [0.2, 0.25) is 0 Å². The van der Waals surface area contributed by atoms with Crippen LogP contribution in [0.3, 0.4) is 0 Å². The molecule has 0 aliphatic heterocycles. The van der Waals surface area contributed by atoms with E-state index in [1.165, 1.54) is 11.1 Å². The van der Waals surface area contributed by atoms with Crippen molar-refractivity contribution in [2.45, 2.75) is 6.92 Å². The fourth-order valence-corrected chi connectivity index (χ4v) is 2.02. The minimum absolute atomic E-state index is 0.869. The summed E-state index contributed by atoms with van der Waals surface area (Å²) in [4.78, 5) is 0. The molecule has 0 fully saturated rings. The molecule has 96 valence electrons. The highest BCUT2D eigenvalue weighted by atomic mass is 16.5. The summed E-state index contributed by atoms with van der Waals surface area (Å²) in [5.41, 5.74) is 4.73. The van der Waals surface area contributed by atoms with Crippen molar-refractivity contribution in [3.8, 4) is 5.75 Å². The summed E-state index contributed by atoms with van der Waals surface area (Å²) in [6.07, 6.45) is 4.03. The van der Waals surface area contributed by atoms with Gasteiger partial charge in [0.15, 0.2) is 0 Å². The van der Waals surface area contributed by atoms with E-state index in [4.69, 9.17) is 4.74 Å². The maximum Gasteiger partial charge on any atom is 0.118 e. The Labute approximate surface area is 114 Å². The maximum atomic E-state index is 5.16. The van der Waals surface area contributed by atoms with E-state index in [2.05, 4.69) is 31.7 Å². The standard InChI is InChI=1S/C18H18O/c1-4-16(18-8-6-5-7-14(18)2)13-15-9-11-17(19-3)12-10-15/h4-13H,1H2,2-3H3/b16-13-. The Morgan fingerprint density at radius 2 is 1.74 bits per heavy atom. The minimum Gasteiger partial charge on any atom is -0.497 e. The molecule has 0 radical (unpaired) electrons. The average Bonchev–Trinajstić information content (AvgIpc) is 2.46. The van der Waals surface area contributed by atoms with E-state index in [-0.39, 0.29) is 0 Å². The van der Waals surface area contributed by atoms with Gasteiger partial charge in [-0.15, -0.1) is 0 Å². The first kappa shape index (κ1) is 13.2. The van der Waals surface area contributed by atoms with Crippen molar-refractivity contribution in [3.63, 3.8) is 0 Å². The third-order valence-corrected chi connectivity index (χ3v) is 3.11. The number of allylic oxidation sites excluding steroid dienone is 2. The number of hydrogen-bond acceptors (Lipinski definition) is 1. The molecule has 19 heavy (non-hydrogen) atoms. The lowest BCUT2D eigenvalue weighted by atomic mass is 9.98. The number of hydrogen-bond donors (Lipinski definition) is 0. The fraction of sp³-hybridized carbons (Fsp3) is 0.111. The zero-order valence-corrected chi connectivity index (χ0v) is 11.4. The molecule has 0 aliphatic carbocycles. The van der Waals surface area contributed by atoms with Gasteiger partial charge < -0.3 is 4.74 Å². The molecule has 2 rings (SSSR count). The number of ether oxygens (including phenoxy) is 1. The molecule has 2 aromatic rings. The predicted octanol–water partition coefficient (Wildman–Crippen LogP) is 4.73. The predicted molar refractivity (Wildman–Crippen MR) is 82.2 cm³/mol. The first-order chi connectivity index (χ1) is 9.24. The molecular weight excluding hydrogens is 232 g/mol. The highest BCUT2D eigenvalue weighted by molar-refractivity contribution is 5.88. The summed E-state index contributed by atoms with van der Waals surface area (Å²) in [6.45, 7) is 6.03. The van der Waals surface area contributed by atoms with Crippen LogP contribution in [0.4, 0.5) is 0 Å². The molecule has 2 aromatic carbocycles. The molecule has 1 heteroatoms. The molecule has 0 bridgehead atoms. The maximum absolute atomic E-state index is 5.16. The molecule has 0 N–H and O–H groups in total. The van der Waals surface area contributed by atoms with Crippen LogP contribution in [-0.2, 0) is 0 Å². The Kier molecular flexibility index (Phi) is 4.19. The molecule has 0 atom stereocenters. The summed E-state index contributed by atoms with van der Waals surface area (Å²) in [5.74, 6) is 0.869. The molecule has 0 aromatic heterocycles. The number of methoxy groups -OCH3 is 1. The zero-order chi connectivity index (χ0) is 13.7. The molecule has 0 aliphatic rings. The van der Waals surface area contributed by atoms with E-state index in [1.807, 2.05) is 42.5 Å². The summed E-state index contributed by atoms with van der Waals surface area (Å²) < 4.78 is 5.16. The molecule has 0 saturated carbocycles. The molecular formula is C18H18O. The average molecular weight is 250 g/mol. The number of benzene rings is 2. The number of aryl methyl sites for hydroxylation is 1. The normalized spacial score (nSPS) is 11.2. The third kappa shape index (κ3) is 3.14. The quantitative estimate of drug-likeness (QED) is 0.563. The SMILES string of the molecule is C=C/C(=C/c1ccc(OC)cc1)c1ccccc1C. The van der Waals surface area contributed by atoms with Gasteiger partial charge in [-0.05, 0) is 47.4 Å². The lowest BCUT2D eigenvalue weighted by molar-refractivity contribution is 0.415. The van der Waals surface area contributed by atoms with Crippen LogP contribution in [0.15, 0.2) is 61.2 Å². The molecule has 0 spiro atoms. The van der Waals surface area contributed by atoms with Crippen molar-refractivity contribution in [3.05, 3.63) is 77.9 Å². The molecule has 0 saturated heterocycles. The van der Waals surface area contributed by atoms with Crippen molar-refractivity contribution >= 4 is 11.6 Å². The Hall–Kier alpha value is -2.28. The monoisotopic (exact) mass is 250 g/mol. The van der Waals surface area contributed by atoms with Crippen LogP contribution in [0.1, 0.15) is 16.7 Å². The van der Waals surface area contributed by atoms with Crippen molar-refractivity contribution < 1.29 is 4.74 Å². The molecule has 0 heterocycles. The highest BCUT2D eigenvalue weighted by Crippen LogP contribution is 2.23. The Morgan fingerprint density at radius 1 is 1.05 bits per heavy atom. The second-order valence-electron chi connectivity index (χ2n) is 4.39. The van der Waals surface area contributed by atoms with Gasteiger partial charge in [-0.3, -0.25) is 0 Å². The summed E-state index contributed by atoms with van der Waals surface area (Å²) in [6, 6.07) is 16.3. The lowest BCUT2D eigenvalue weighted by Crippen LogP contribution is -1.86. The zero-order valence-electron chi connectivity index (χ0n) is 11.4. The van der Waals surface area contributed by atoms with E-state index < -0.39 is 0 Å². The van der Waals surface area contributed by atoms with E-state index in [1.54, 1.807) is 7.11 Å². The Morgan fingerprint density at radius 3 is 2.32 bits per heavy atom. The van der Waals surface area contributed by atoms with Crippen LogP contribution >= 0.6 is 0 Å². The summed E-state index contributed by atoms with van der Waals surface area (Å²) >= 11 is 0. The molecule has 0 unspecified atom stereocenters. The van der Waals surface area contributed by atoms with E-state index in [0.717, 1.165) is 16.9 Å². The highest BCUT2D eigenvalue weighted by Gasteiger charge is 2.01. The number of rotatable bonds is 4. The van der Waals surface area contributed by atoms with E-state index in [0.29, 0.717) is 0 Å². The lowest BCUT2D eigenvalue weighted by Gasteiger charge is -2.07. The van der Waals surface area contributed by atoms with Crippen LogP contribution in [0.5, 0.6) is 5.75 Å². The molecule has 0 amide bonds. The first-order valence-electron chi connectivity index (χ1n) is 6.29. The van der Waals surface area contributed by atoms with Gasteiger partial charge in [-0.1, -0.05) is 49.1 Å². The van der Waals surface area contributed by atoms with Gasteiger partial charge >= 0.3 is 0 Å². The smallest absolute Gasteiger partial charge is 0.118 e.